The molecule has 0 aliphatic carbocycles. The summed E-state index contributed by atoms with van der Waals surface area (Å²) < 4.78 is 19.0. The van der Waals surface area contributed by atoms with Crippen LogP contribution in [-0.4, -0.2) is 10.0 Å². The van der Waals surface area contributed by atoms with Gasteiger partial charge in [0.15, 0.2) is 0 Å². The van der Waals surface area contributed by atoms with Gasteiger partial charge >= 0.3 is 5.69 Å². The van der Waals surface area contributed by atoms with E-state index in [1.807, 2.05) is 0 Å². The molecule has 2 rings (SSSR count). The predicted molar refractivity (Wildman–Crippen MR) is 73.2 cm³/mol. The molecule has 0 spiro atoms. The normalized spacial score (nSPS) is 10.3. The minimum atomic E-state index is -0.714. The third-order valence-electron chi connectivity index (χ3n) is 2.52. The molecule has 0 aromatic heterocycles. The molecule has 0 radical (unpaired) electrons. The van der Waals surface area contributed by atoms with Crippen LogP contribution in [0.4, 0.5) is 10.1 Å². The summed E-state index contributed by atoms with van der Waals surface area (Å²) in [5.74, 6) is -0.440. The molecule has 5 nitrogen and oxygen atoms in total. The van der Waals surface area contributed by atoms with Gasteiger partial charge < -0.3 is 9.84 Å². The standard InChI is InChI=1S/C13H9BrFNO4/c14-10-5-8(7-17)1-3-12(10)20-13-4-2-9(15)6-11(13)16(18)19/h1-6,17H,7H2. The molecule has 0 heterocycles. The summed E-state index contributed by atoms with van der Waals surface area (Å²) >= 11 is 3.24. The smallest absolute Gasteiger partial charge is 0.314 e. The molecule has 0 aliphatic rings. The van der Waals surface area contributed by atoms with Crippen LogP contribution < -0.4 is 4.74 Å². The van der Waals surface area contributed by atoms with E-state index >= 15 is 0 Å². The van der Waals surface area contributed by atoms with E-state index in [-0.39, 0.29) is 12.4 Å². The molecule has 0 saturated heterocycles. The van der Waals surface area contributed by atoms with Crippen molar-refractivity contribution < 1.29 is 19.2 Å². The summed E-state index contributed by atoms with van der Waals surface area (Å²) in [5, 5.41) is 19.9. The van der Waals surface area contributed by atoms with Gasteiger partial charge in [0.2, 0.25) is 5.75 Å². The fourth-order valence-corrected chi connectivity index (χ4v) is 2.07. The van der Waals surface area contributed by atoms with E-state index in [0.29, 0.717) is 15.8 Å². The fraction of sp³-hybridized carbons (Fsp3) is 0.0769. The first-order chi connectivity index (χ1) is 9.51. The van der Waals surface area contributed by atoms with E-state index in [1.54, 1.807) is 18.2 Å². The number of hydrogen-bond donors (Lipinski definition) is 1. The maximum Gasteiger partial charge on any atom is 0.314 e. The molecule has 7 heteroatoms. The monoisotopic (exact) mass is 341 g/mol. The van der Waals surface area contributed by atoms with Crippen LogP contribution in [0.1, 0.15) is 5.56 Å². The number of nitro groups is 1. The molecule has 2 aromatic carbocycles. The highest BCUT2D eigenvalue weighted by molar-refractivity contribution is 9.10. The Balaban J connectivity index is 2.37. The number of benzene rings is 2. The van der Waals surface area contributed by atoms with Crippen molar-refractivity contribution >= 4 is 21.6 Å². The Bertz CT molecular complexity index is 663. The maximum absolute atomic E-state index is 13.0. The van der Waals surface area contributed by atoms with E-state index in [2.05, 4.69) is 15.9 Å². The molecule has 20 heavy (non-hydrogen) atoms. The van der Waals surface area contributed by atoms with Crippen LogP contribution >= 0.6 is 15.9 Å². The number of aliphatic hydroxyl groups is 1. The number of hydrogen-bond acceptors (Lipinski definition) is 4. The van der Waals surface area contributed by atoms with Gasteiger partial charge in [-0.15, -0.1) is 0 Å². The third kappa shape index (κ3) is 3.12. The second-order valence-corrected chi connectivity index (χ2v) is 4.75. The van der Waals surface area contributed by atoms with Crippen molar-refractivity contribution in [3.05, 3.63) is 62.4 Å². The highest BCUT2D eigenvalue weighted by Gasteiger charge is 2.17. The molecule has 0 fully saturated rings. The summed E-state index contributed by atoms with van der Waals surface area (Å²) in [5.41, 5.74) is 0.209. The van der Waals surface area contributed by atoms with Crippen molar-refractivity contribution in [2.24, 2.45) is 0 Å². The predicted octanol–water partition coefficient (Wildman–Crippen LogP) is 3.78. The van der Waals surface area contributed by atoms with Gasteiger partial charge in [-0.3, -0.25) is 10.1 Å². The second kappa shape index (κ2) is 5.98. The van der Waals surface area contributed by atoms with Gasteiger partial charge in [-0.1, -0.05) is 6.07 Å². The van der Waals surface area contributed by atoms with Crippen LogP contribution in [0.25, 0.3) is 0 Å². The molecule has 0 atom stereocenters. The number of nitrogens with zero attached hydrogens (tertiary/aromatic N) is 1. The maximum atomic E-state index is 13.0. The molecule has 0 amide bonds. The Kier molecular flexibility index (Phi) is 4.31. The van der Waals surface area contributed by atoms with E-state index in [1.165, 1.54) is 6.07 Å². The van der Waals surface area contributed by atoms with Crippen molar-refractivity contribution in [2.75, 3.05) is 0 Å². The van der Waals surface area contributed by atoms with Gasteiger partial charge in [0.25, 0.3) is 0 Å². The summed E-state index contributed by atoms with van der Waals surface area (Å²) in [7, 11) is 0. The van der Waals surface area contributed by atoms with Gasteiger partial charge in [-0.05, 0) is 45.8 Å². The molecule has 0 bridgehead atoms. The molecule has 1 N–H and O–H groups in total. The quantitative estimate of drug-likeness (QED) is 0.678. The zero-order chi connectivity index (χ0) is 14.7. The molecular formula is C13H9BrFNO4. The molecule has 2 aromatic rings. The average molecular weight is 342 g/mol. The summed E-state index contributed by atoms with van der Waals surface area (Å²) in [6, 6.07) is 7.88. The van der Waals surface area contributed by atoms with Crippen molar-refractivity contribution in [1.82, 2.24) is 0 Å². The topological polar surface area (TPSA) is 72.6 Å². The Labute approximate surface area is 121 Å². The number of ether oxygens (including phenoxy) is 1. The first-order valence-corrected chi connectivity index (χ1v) is 6.31. The largest absolute Gasteiger partial charge is 0.449 e. The first-order valence-electron chi connectivity index (χ1n) is 5.52. The third-order valence-corrected chi connectivity index (χ3v) is 3.14. The van der Waals surface area contributed by atoms with Gasteiger partial charge in [0, 0.05) is 0 Å². The summed E-state index contributed by atoms with van der Waals surface area (Å²) in [4.78, 5) is 10.1. The van der Waals surface area contributed by atoms with Crippen LogP contribution in [-0.2, 0) is 6.61 Å². The SMILES string of the molecule is O=[N+]([O-])c1cc(F)ccc1Oc1ccc(CO)cc1Br. The van der Waals surface area contributed by atoms with Gasteiger partial charge in [-0.25, -0.2) is 4.39 Å². The van der Waals surface area contributed by atoms with Gasteiger partial charge in [-0.2, -0.15) is 0 Å². The highest BCUT2D eigenvalue weighted by Crippen LogP contribution is 2.35. The lowest BCUT2D eigenvalue weighted by Gasteiger charge is -2.09. The van der Waals surface area contributed by atoms with Crippen molar-refractivity contribution in [1.29, 1.82) is 0 Å². The first kappa shape index (κ1) is 14.4. The lowest BCUT2D eigenvalue weighted by atomic mass is 10.2. The van der Waals surface area contributed by atoms with Crippen LogP contribution in [0.3, 0.4) is 0 Å². The van der Waals surface area contributed by atoms with E-state index in [0.717, 1.165) is 12.1 Å². The lowest BCUT2D eigenvalue weighted by molar-refractivity contribution is -0.385. The number of rotatable bonds is 4. The summed E-state index contributed by atoms with van der Waals surface area (Å²) in [6.07, 6.45) is 0. The van der Waals surface area contributed by atoms with Crippen LogP contribution in [0, 0.1) is 15.9 Å². The second-order valence-electron chi connectivity index (χ2n) is 3.89. The number of nitro benzene ring substituents is 1. The number of halogens is 2. The Morgan fingerprint density at radius 1 is 1.25 bits per heavy atom. The highest BCUT2D eigenvalue weighted by atomic mass is 79.9. The van der Waals surface area contributed by atoms with Gasteiger partial charge in [0.05, 0.1) is 22.1 Å². The minimum Gasteiger partial charge on any atom is -0.449 e. The average Bonchev–Trinajstić information content (AvgIpc) is 2.42. The molecule has 0 saturated carbocycles. The molecule has 0 aliphatic heterocycles. The number of aliphatic hydroxyl groups excluding tert-OH is 1. The van der Waals surface area contributed by atoms with Crippen molar-refractivity contribution in [3.63, 3.8) is 0 Å². The van der Waals surface area contributed by atoms with Gasteiger partial charge in [0.1, 0.15) is 11.6 Å². The Hall–Kier alpha value is -1.99. The zero-order valence-electron chi connectivity index (χ0n) is 10.0. The van der Waals surface area contributed by atoms with Crippen molar-refractivity contribution in [2.45, 2.75) is 6.61 Å². The summed E-state index contributed by atoms with van der Waals surface area (Å²) in [6.45, 7) is -0.129. The lowest BCUT2D eigenvalue weighted by Crippen LogP contribution is -1.95. The molecule has 104 valence electrons. The van der Waals surface area contributed by atoms with E-state index < -0.39 is 16.4 Å². The van der Waals surface area contributed by atoms with Crippen LogP contribution in [0.15, 0.2) is 40.9 Å². The van der Waals surface area contributed by atoms with Crippen molar-refractivity contribution in [3.8, 4) is 11.5 Å². The fourth-order valence-electron chi connectivity index (χ4n) is 1.56. The zero-order valence-corrected chi connectivity index (χ0v) is 11.6. The van der Waals surface area contributed by atoms with Crippen LogP contribution in [0.5, 0.6) is 11.5 Å². The Morgan fingerprint density at radius 3 is 2.55 bits per heavy atom. The molecular weight excluding hydrogens is 333 g/mol. The van der Waals surface area contributed by atoms with E-state index in [4.69, 9.17) is 9.84 Å². The minimum absolute atomic E-state index is 0.0613. The van der Waals surface area contributed by atoms with E-state index in [9.17, 15) is 14.5 Å². The Morgan fingerprint density at radius 2 is 1.95 bits per heavy atom. The molecule has 0 unspecified atom stereocenters. The van der Waals surface area contributed by atoms with Crippen LogP contribution in [0.2, 0.25) is 0 Å².